The van der Waals surface area contributed by atoms with Crippen molar-refractivity contribution in [3.63, 3.8) is 0 Å². The molecule has 0 saturated carbocycles. The minimum Gasteiger partial charge on any atom is -0.396 e. The molecule has 0 fully saturated rings. The second-order valence-corrected chi connectivity index (χ2v) is 3.73. The maximum absolute atomic E-state index is 8.76. The first-order chi connectivity index (χ1) is 5.20. The number of aliphatic hydroxyl groups excluding tert-OH is 1. The SMILES string of the molecule is CCC(C)CCC[C@@H](C)CO. The fourth-order valence-corrected chi connectivity index (χ4v) is 1.11. The predicted molar refractivity (Wildman–Crippen MR) is 49.6 cm³/mol. The zero-order valence-corrected chi connectivity index (χ0v) is 8.14. The summed E-state index contributed by atoms with van der Waals surface area (Å²) in [6.45, 7) is 6.99. The lowest BCUT2D eigenvalue weighted by atomic mass is 9.98. The van der Waals surface area contributed by atoms with Gasteiger partial charge in [-0.2, -0.15) is 0 Å². The molecule has 0 bridgehead atoms. The van der Waals surface area contributed by atoms with Gasteiger partial charge in [0.1, 0.15) is 0 Å². The first-order valence-corrected chi connectivity index (χ1v) is 4.81. The van der Waals surface area contributed by atoms with E-state index >= 15 is 0 Å². The predicted octanol–water partition coefficient (Wildman–Crippen LogP) is 2.83. The maximum atomic E-state index is 8.76. The van der Waals surface area contributed by atoms with E-state index in [0.29, 0.717) is 12.5 Å². The molecule has 0 saturated heterocycles. The highest BCUT2D eigenvalue weighted by Gasteiger charge is 2.02. The average molecular weight is 158 g/mol. The summed E-state index contributed by atoms with van der Waals surface area (Å²) in [5.74, 6) is 1.36. The maximum Gasteiger partial charge on any atom is 0.0456 e. The van der Waals surface area contributed by atoms with Crippen LogP contribution in [0, 0.1) is 11.8 Å². The first kappa shape index (κ1) is 11.0. The number of hydrogen-bond donors (Lipinski definition) is 1. The molecule has 0 amide bonds. The van der Waals surface area contributed by atoms with Crippen molar-refractivity contribution in [3.8, 4) is 0 Å². The Labute approximate surface area is 70.8 Å². The molecule has 0 aromatic carbocycles. The summed E-state index contributed by atoms with van der Waals surface area (Å²) in [6.07, 6.45) is 5.06. The third kappa shape index (κ3) is 6.36. The van der Waals surface area contributed by atoms with Gasteiger partial charge in [-0.25, -0.2) is 0 Å². The number of hydrogen-bond acceptors (Lipinski definition) is 1. The van der Waals surface area contributed by atoms with E-state index in [0.717, 1.165) is 5.92 Å². The van der Waals surface area contributed by atoms with Crippen LogP contribution in [0.4, 0.5) is 0 Å². The van der Waals surface area contributed by atoms with Crippen LogP contribution in [0.25, 0.3) is 0 Å². The summed E-state index contributed by atoms with van der Waals surface area (Å²) < 4.78 is 0. The third-order valence-electron chi connectivity index (χ3n) is 2.40. The highest BCUT2D eigenvalue weighted by molar-refractivity contribution is 4.54. The van der Waals surface area contributed by atoms with Gasteiger partial charge >= 0.3 is 0 Å². The normalized spacial score (nSPS) is 16.4. The highest BCUT2D eigenvalue weighted by atomic mass is 16.3. The Morgan fingerprint density at radius 3 is 2.09 bits per heavy atom. The molecule has 1 nitrogen and oxygen atoms in total. The third-order valence-corrected chi connectivity index (χ3v) is 2.40. The number of aliphatic hydroxyl groups is 1. The Kier molecular flexibility index (Phi) is 6.63. The standard InChI is InChI=1S/C10H22O/c1-4-9(2)6-5-7-10(3)8-11/h9-11H,4-8H2,1-3H3/t9?,10-/m1/s1. The molecule has 0 spiro atoms. The average Bonchev–Trinajstić information content (AvgIpc) is 2.04. The van der Waals surface area contributed by atoms with Gasteiger partial charge in [0, 0.05) is 6.61 Å². The van der Waals surface area contributed by atoms with Crippen molar-refractivity contribution in [3.05, 3.63) is 0 Å². The van der Waals surface area contributed by atoms with Gasteiger partial charge in [-0.1, -0.05) is 40.0 Å². The summed E-state index contributed by atoms with van der Waals surface area (Å²) in [6, 6.07) is 0. The van der Waals surface area contributed by atoms with Gasteiger partial charge in [0.2, 0.25) is 0 Å². The summed E-state index contributed by atoms with van der Waals surface area (Å²) in [4.78, 5) is 0. The molecule has 1 heteroatoms. The van der Waals surface area contributed by atoms with E-state index in [-0.39, 0.29) is 0 Å². The fraction of sp³-hybridized carbons (Fsp3) is 1.00. The van der Waals surface area contributed by atoms with E-state index in [4.69, 9.17) is 5.11 Å². The van der Waals surface area contributed by atoms with Crippen LogP contribution in [0.5, 0.6) is 0 Å². The lowest BCUT2D eigenvalue weighted by molar-refractivity contribution is 0.225. The van der Waals surface area contributed by atoms with Gasteiger partial charge in [0.15, 0.2) is 0 Å². The first-order valence-electron chi connectivity index (χ1n) is 4.81. The second-order valence-electron chi connectivity index (χ2n) is 3.73. The van der Waals surface area contributed by atoms with E-state index in [1.807, 2.05) is 0 Å². The van der Waals surface area contributed by atoms with Crippen LogP contribution in [-0.2, 0) is 0 Å². The van der Waals surface area contributed by atoms with Crippen LogP contribution in [0.15, 0.2) is 0 Å². The minimum absolute atomic E-state index is 0.348. The van der Waals surface area contributed by atoms with Crippen molar-refractivity contribution in [2.45, 2.75) is 46.5 Å². The van der Waals surface area contributed by atoms with Crippen LogP contribution in [0.1, 0.15) is 46.5 Å². The molecule has 0 heterocycles. The smallest absolute Gasteiger partial charge is 0.0456 e. The molecule has 11 heavy (non-hydrogen) atoms. The van der Waals surface area contributed by atoms with E-state index in [9.17, 15) is 0 Å². The van der Waals surface area contributed by atoms with Gasteiger partial charge < -0.3 is 5.11 Å². The second kappa shape index (κ2) is 6.66. The molecule has 0 aliphatic carbocycles. The van der Waals surface area contributed by atoms with Crippen molar-refractivity contribution in [2.24, 2.45) is 11.8 Å². The molecule has 0 rings (SSSR count). The van der Waals surface area contributed by atoms with Crippen molar-refractivity contribution in [2.75, 3.05) is 6.61 Å². The van der Waals surface area contributed by atoms with Gasteiger partial charge in [0.25, 0.3) is 0 Å². The van der Waals surface area contributed by atoms with Gasteiger partial charge in [0.05, 0.1) is 0 Å². The van der Waals surface area contributed by atoms with Crippen LogP contribution in [-0.4, -0.2) is 11.7 Å². The van der Waals surface area contributed by atoms with Gasteiger partial charge in [-0.05, 0) is 18.3 Å². The Bertz CT molecular complexity index is 70.9. The van der Waals surface area contributed by atoms with Crippen molar-refractivity contribution < 1.29 is 5.11 Å². The molecule has 1 N–H and O–H groups in total. The Balaban J connectivity index is 3.13. The van der Waals surface area contributed by atoms with Crippen LogP contribution >= 0.6 is 0 Å². The van der Waals surface area contributed by atoms with E-state index in [1.165, 1.54) is 25.7 Å². The monoisotopic (exact) mass is 158 g/mol. The van der Waals surface area contributed by atoms with Crippen LogP contribution in [0.2, 0.25) is 0 Å². The molecule has 0 radical (unpaired) electrons. The lowest BCUT2D eigenvalue weighted by Gasteiger charge is -2.10. The summed E-state index contributed by atoms with van der Waals surface area (Å²) in [7, 11) is 0. The van der Waals surface area contributed by atoms with E-state index < -0.39 is 0 Å². The molecule has 0 aromatic rings. The Morgan fingerprint density at radius 2 is 1.64 bits per heavy atom. The quantitative estimate of drug-likeness (QED) is 0.630. The van der Waals surface area contributed by atoms with Gasteiger partial charge in [-0.3, -0.25) is 0 Å². The molecule has 68 valence electrons. The summed E-state index contributed by atoms with van der Waals surface area (Å²) >= 11 is 0. The zero-order valence-electron chi connectivity index (χ0n) is 8.14. The topological polar surface area (TPSA) is 20.2 Å². The zero-order chi connectivity index (χ0) is 8.69. The van der Waals surface area contributed by atoms with Crippen LogP contribution < -0.4 is 0 Å². The minimum atomic E-state index is 0.348. The number of rotatable bonds is 6. The molecule has 2 atom stereocenters. The van der Waals surface area contributed by atoms with E-state index in [1.54, 1.807) is 0 Å². The van der Waals surface area contributed by atoms with Crippen LogP contribution in [0.3, 0.4) is 0 Å². The molecule has 0 aliphatic heterocycles. The highest BCUT2D eigenvalue weighted by Crippen LogP contribution is 2.14. The molecular formula is C10H22O. The molecule has 0 aromatic heterocycles. The van der Waals surface area contributed by atoms with Crippen molar-refractivity contribution >= 4 is 0 Å². The summed E-state index contributed by atoms with van der Waals surface area (Å²) in [5.41, 5.74) is 0. The van der Waals surface area contributed by atoms with Crippen molar-refractivity contribution in [1.82, 2.24) is 0 Å². The molecule has 0 aliphatic rings. The summed E-state index contributed by atoms with van der Waals surface area (Å²) in [5, 5.41) is 8.76. The van der Waals surface area contributed by atoms with Gasteiger partial charge in [-0.15, -0.1) is 0 Å². The largest absolute Gasteiger partial charge is 0.396 e. The van der Waals surface area contributed by atoms with E-state index in [2.05, 4.69) is 20.8 Å². The molecule has 1 unspecified atom stereocenters. The fourth-order valence-electron chi connectivity index (χ4n) is 1.11. The Morgan fingerprint density at radius 1 is 1.09 bits per heavy atom. The Hall–Kier alpha value is -0.0400. The lowest BCUT2D eigenvalue weighted by Crippen LogP contribution is -2.01. The molecular weight excluding hydrogens is 136 g/mol. The van der Waals surface area contributed by atoms with Crippen molar-refractivity contribution in [1.29, 1.82) is 0 Å².